The SMILES string of the molecule is Cc1cc(=O)[nH]c(SC2CCC(NC(C)C)(C(N)=O)C2)n1. The molecule has 0 bridgehead atoms. The highest BCUT2D eigenvalue weighted by molar-refractivity contribution is 7.99. The van der Waals surface area contributed by atoms with Crippen LogP contribution < -0.4 is 16.6 Å². The van der Waals surface area contributed by atoms with E-state index >= 15 is 0 Å². The van der Waals surface area contributed by atoms with Crippen LogP contribution >= 0.6 is 11.8 Å². The lowest BCUT2D eigenvalue weighted by Gasteiger charge is -2.29. The first-order valence-electron chi connectivity index (χ1n) is 7.13. The normalized spacial score (nSPS) is 25.4. The van der Waals surface area contributed by atoms with Crippen LogP contribution in [0.3, 0.4) is 0 Å². The molecule has 2 atom stereocenters. The van der Waals surface area contributed by atoms with E-state index < -0.39 is 5.54 Å². The van der Waals surface area contributed by atoms with E-state index in [1.807, 2.05) is 13.8 Å². The van der Waals surface area contributed by atoms with Gasteiger partial charge in [-0.2, -0.15) is 0 Å². The summed E-state index contributed by atoms with van der Waals surface area (Å²) in [6.45, 7) is 5.80. The summed E-state index contributed by atoms with van der Waals surface area (Å²) in [5.74, 6) is -0.301. The average molecular weight is 310 g/mol. The minimum atomic E-state index is -0.643. The number of aromatic amines is 1. The van der Waals surface area contributed by atoms with Gasteiger partial charge in [-0.1, -0.05) is 11.8 Å². The van der Waals surface area contributed by atoms with Gasteiger partial charge in [-0.3, -0.25) is 9.59 Å². The van der Waals surface area contributed by atoms with Gasteiger partial charge in [-0.05, 0) is 40.0 Å². The second kappa shape index (κ2) is 6.19. The molecule has 2 rings (SSSR count). The Morgan fingerprint density at radius 1 is 1.62 bits per heavy atom. The molecule has 7 heteroatoms. The third-order valence-electron chi connectivity index (χ3n) is 3.63. The first-order chi connectivity index (χ1) is 9.80. The number of nitrogens with zero attached hydrogens (tertiary/aromatic N) is 1. The number of aryl methyl sites for hydroxylation is 1. The molecule has 116 valence electrons. The van der Waals surface area contributed by atoms with Crippen molar-refractivity contribution in [1.29, 1.82) is 0 Å². The monoisotopic (exact) mass is 310 g/mol. The zero-order valence-corrected chi connectivity index (χ0v) is 13.4. The third-order valence-corrected chi connectivity index (χ3v) is 4.78. The maximum atomic E-state index is 11.8. The molecule has 4 N–H and O–H groups in total. The number of nitrogens with one attached hydrogen (secondary N) is 2. The Morgan fingerprint density at radius 3 is 2.90 bits per heavy atom. The summed E-state index contributed by atoms with van der Waals surface area (Å²) in [5, 5.41) is 4.14. The maximum Gasteiger partial charge on any atom is 0.251 e. The van der Waals surface area contributed by atoms with Gasteiger partial charge < -0.3 is 16.0 Å². The van der Waals surface area contributed by atoms with Crippen LogP contribution in [-0.2, 0) is 4.79 Å². The number of carbonyl (C=O) groups excluding carboxylic acids is 1. The highest BCUT2D eigenvalue weighted by Gasteiger charge is 2.44. The van der Waals surface area contributed by atoms with Crippen molar-refractivity contribution in [2.24, 2.45) is 5.73 Å². The molecule has 1 amide bonds. The van der Waals surface area contributed by atoms with Gasteiger partial charge in [-0.15, -0.1) is 0 Å². The summed E-state index contributed by atoms with van der Waals surface area (Å²) in [5.41, 5.74) is 5.50. The van der Waals surface area contributed by atoms with Gasteiger partial charge in [0.1, 0.15) is 0 Å². The van der Waals surface area contributed by atoms with Crippen LogP contribution in [0.4, 0.5) is 0 Å². The summed E-state index contributed by atoms with van der Waals surface area (Å²) in [6, 6.07) is 1.66. The molecule has 0 aliphatic heterocycles. The molecular weight excluding hydrogens is 288 g/mol. The molecule has 1 aliphatic carbocycles. The number of aromatic nitrogens is 2. The molecule has 0 spiro atoms. The average Bonchev–Trinajstić information content (AvgIpc) is 2.71. The second-order valence-corrected chi connectivity index (χ2v) is 7.21. The van der Waals surface area contributed by atoms with E-state index in [1.165, 1.54) is 17.8 Å². The molecule has 1 aromatic heterocycles. The fourth-order valence-electron chi connectivity index (χ4n) is 2.84. The van der Waals surface area contributed by atoms with Crippen molar-refractivity contribution in [2.75, 3.05) is 0 Å². The number of hydrogen-bond donors (Lipinski definition) is 3. The lowest BCUT2D eigenvalue weighted by molar-refractivity contribution is -0.124. The Kier molecular flexibility index (Phi) is 4.73. The van der Waals surface area contributed by atoms with Crippen molar-refractivity contribution < 1.29 is 4.79 Å². The number of nitrogens with two attached hydrogens (primary N) is 1. The predicted octanol–water partition coefficient (Wildman–Crippen LogP) is 0.945. The van der Waals surface area contributed by atoms with Crippen LogP contribution in [0, 0.1) is 6.92 Å². The van der Waals surface area contributed by atoms with Crippen LogP contribution in [-0.4, -0.2) is 32.7 Å². The van der Waals surface area contributed by atoms with E-state index in [4.69, 9.17) is 5.73 Å². The highest BCUT2D eigenvalue weighted by Crippen LogP contribution is 2.39. The van der Waals surface area contributed by atoms with Gasteiger partial charge in [0, 0.05) is 23.1 Å². The van der Waals surface area contributed by atoms with Gasteiger partial charge in [-0.25, -0.2) is 4.98 Å². The third kappa shape index (κ3) is 3.85. The maximum absolute atomic E-state index is 11.8. The predicted molar refractivity (Wildman–Crippen MR) is 83.3 cm³/mol. The number of H-pyrrole nitrogens is 1. The number of rotatable bonds is 5. The number of amides is 1. The van der Waals surface area contributed by atoms with Gasteiger partial charge in [0.15, 0.2) is 5.16 Å². The summed E-state index contributed by atoms with van der Waals surface area (Å²) < 4.78 is 0. The largest absolute Gasteiger partial charge is 0.368 e. The van der Waals surface area contributed by atoms with Crippen molar-refractivity contribution in [1.82, 2.24) is 15.3 Å². The summed E-state index contributed by atoms with van der Waals surface area (Å²) in [7, 11) is 0. The van der Waals surface area contributed by atoms with Crippen LogP contribution in [0.25, 0.3) is 0 Å². The minimum absolute atomic E-state index is 0.149. The summed E-state index contributed by atoms with van der Waals surface area (Å²) >= 11 is 1.51. The number of carbonyl (C=O) groups is 1. The van der Waals surface area contributed by atoms with Crippen molar-refractivity contribution >= 4 is 17.7 Å². The zero-order chi connectivity index (χ0) is 15.6. The fourth-order valence-corrected chi connectivity index (χ4v) is 4.12. The molecule has 1 heterocycles. The molecule has 0 aromatic carbocycles. The number of hydrogen-bond acceptors (Lipinski definition) is 5. The summed E-state index contributed by atoms with van der Waals surface area (Å²) in [6.07, 6.45) is 2.24. The molecule has 21 heavy (non-hydrogen) atoms. The van der Waals surface area contributed by atoms with Crippen LogP contribution in [0.1, 0.15) is 38.8 Å². The molecule has 0 saturated heterocycles. The first-order valence-corrected chi connectivity index (χ1v) is 8.01. The molecule has 1 aromatic rings. The van der Waals surface area contributed by atoms with Gasteiger partial charge in [0.25, 0.3) is 5.56 Å². The molecule has 1 fully saturated rings. The van der Waals surface area contributed by atoms with Crippen LogP contribution in [0.5, 0.6) is 0 Å². The van der Waals surface area contributed by atoms with E-state index in [1.54, 1.807) is 6.92 Å². The van der Waals surface area contributed by atoms with Crippen LogP contribution in [0.15, 0.2) is 16.0 Å². The smallest absolute Gasteiger partial charge is 0.251 e. The summed E-state index contributed by atoms with van der Waals surface area (Å²) in [4.78, 5) is 30.4. The van der Waals surface area contributed by atoms with Crippen LogP contribution in [0.2, 0.25) is 0 Å². The molecule has 0 radical (unpaired) electrons. The fraction of sp³-hybridized carbons (Fsp3) is 0.643. The molecule has 2 unspecified atom stereocenters. The number of thioether (sulfide) groups is 1. The Balaban J connectivity index is 2.10. The lowest BCUT2D eigenvalue weighted by Crippen LogP contribution is -2.56. The van der Waals surface area contributed by atoms with Crippen molar-refractivity contribution in [3.8, 4) is 0 Å². The van der Waals surface area contributed by atoms with E-state index in [0.29, 0.717) is 23.7 Å². The molecule has 6 nitrogen and oxygen atoms in total. The molecular formula is C14H22N4O2S. The Bertz CT molecular complexity index is 587. The molecule has 1 saturated carbocycles. The number of primary amides is 1. The lowest BCUT2D eigenvalue weighted by atomic mass is 9.96. The van der Waals surface area contributed by atoms with Crippen molar-refractivity contribution in [2.45, 2.75) is 62.0 Å². The van der Waals surface area contributed by atoms with E-state index in [-0.39, 0.29) is 22.8 Å². The first kappa shape index (κ1) is 16.0. The Morgan fingerprint density at radius 2 is 2.33 bits per heavy atom. The van der Waals surface area contributed by atoms with Crippen molar-refractivity contribution in [3.05, 3.63) is 22.1 Å². The topological polar surface area (TPSA) is 101 Å². The Labute approximate surface area is 128 Å². The second-order valence-electron chi connectivity index (χ2n) is 5.92. The van der Waals surface area contributed by atoms with E-state index in [9.17, 15) is 9.59 Å². The Hall–Kier alpha value is -1.34. The zero-order valence-electron chi connectivity index (χ0n) is 12.6. The van der Waals surface area contributed by atoms with E-state index in [2.05, 4.69) is 15.3 Å². The van der Waals surface area contributed by atoms with Gasteiger partial charge >= 0.3 is 0 Å². The van der Waals surface area contributed by atoms with Crippen molar-refractivity contribution in [3.63, 3.8) is 0 Å². The van der Waals surface area contributed by atoms with Gasteiger partial charge in [0.2, 0.25) is 5.91 Å². The van der Waals surface area contributed by atoms with E-state index in [0.717, 1.165) is 6.42 Å². The van der Waals surface area contributed by atoms with Gasteiger partial charge in [0.05, 0.1) is 5.54 Å². The standard InChI is InChI=1S/C14H22N4O2S/c1-8(2)18-14(12(15)20)5-4-10(7-14)21-13-16-9(3)6-11(19)17-13/h6,8,10,18H,4-5,7H2,1-3H3,(H2,15,20)(H,16,17,19). The quantitative estimate of drug-likeness (QED) is 0.703. The minimum Gasteiger partial charge on any atom is -0.368 e. The molecule has 1 aliphatic rings. The highest BCUT2D eigenvalue weighted by atomic mass is 32.2.